The van der Waals surface area contributed by atoms with Gasteiger partial charge in [0.25, 0.3) is 5.56 Å². The van der Waals surface area contributed by atoms with Gasteiger partial charge in [-0.25, -0.2) is 0 Å². The van der Waals surface area contributed by atoms with Crippen molar-refractivity contribution in [2.45, 2.75) is 85.5 Å². The number of fused-ring (bicyclic) bond motifs is 1. The van der Waals surface area contributed by atoms with Crippen LogP contribution in [0.3, 0.4) is 0 Å². The van der Waals surface area contributed by atoms with Gasteiger partial charge in [-0.15, -0.1) is 11.3 Å². The number of ether oxygens (including phenoxy) is 3. The molecule has 1 aromatic carbocycles. The van der Waals surface area contributed by atoms with Gasteiger partial charge in [0.2, 0.25) is 0 Å². The zero-order valence-corrected chi connectivity index (χ0v) is 26.3. The van der Waals surface area contributed by atoms with E-state index in [1.807, 2.05) is 25.4 Å². The highest BCUT2D eigenvalue weighted by Crippen LogP contribution is 2.39. The Kier molecular flexibility index (Phi) is 10.8. The molecule has 1 saturated carbocycles. The molecule has 0 saturated heterocycles. The van der Waals surface area contributed by atoms with Crippen LogP contribution in [0, 0.1) is 17.3 Å². The summed E-state index contributed by atoms with van der Waals surface area (Å²) in [5.74, 6) is 2.91. The molecule has 0 radical (unpaired) electrons. The molecule has 220 valence electrons. The Balaban J connectivity index is 1.48. The first-order valence-electron chi connectivity index (χ1n) is 15.3. The molecule has 2 heterocycles. The molecule has 2 unspecified atom stereocenters. The Bertz CT molecular complexity index is 1310. The number of hydrogen-bond donors (Lipinski definition) is 0. The topological polar surface area (TPSA) is 49.7 Å². The Morgan fingerprint density at radius 2 is 1.95 bits per heavy atom. The molecule has 0 N–H and O–H groups in total. The molecule has 2 aromatic heterocycles. The lowest BCUT2D eigenvalue weighted by Gasteiger charge is -2.29. The SMILES string of the molecule is CCCOc1ccc(-c2cn(C)c(=O)c3cc(CC(CC)CCCC(C)(CC)COCC4CC4)sc23)cc1OC. The van der Waals surface area contributed by atoms with E-state index >= 15 is 0 Å². The van der Waals surface area contributed by atoms with Crippen LogP contribution < -0.4 is 15.0 Å². The normalized spacial score (nSPS) is 15.8. The molecule has 0 bridgehead atoms. The second-order valence-electron chi connectivity index (χ2n) is 12.1. The lowest BCUT2D eigenvalue weighted by atomic mass is 9.81. The summed E-state index contributed by atoms with van der Waals surface area (Å²) < 4.78 is 20.4. The lowest BCUT2D eigenvalue weighted by Crippen LogP contribution is -2.23. The summed E-state index contributed by atoms with van der Waals surface area (Å²) in [6.45, 7) is 11.6. The van der Waals surface area contributed by atoms with Gasteiger partial charge in [0, 0.05) is 35.0 Å². The Morgan fingerprint density at radius 1 is 1.15 bits per heavy atom. The maximum atomic E-state index is 13.1. The summed E-state index contributed by atoms with van der Waals surface area (Å²) in [4.78, 5) is 14.4. The number of hydrogen-bond acceptors (Lipinski definition) is 5. The highest BCUT2D eigenvalue weighted by atomic mass is 32.1. The molecule has 3 aromatic rings. The van der Waals surface area contributed by atoms with Gasteiger partial charge in [-0.3, -0.25) is 4.79 Å². The second-order valence-corrected chi connectivity index (χ2v) is 13.3. The van der Waals surface area contributed by atoms with Crippen LogP contribution in [0.25, 0.3) is 21.2 Å². The maximum absolute atomic E-state index is 13.1. The van der Waals surface area contributed by atoms with Crippen LogP contribution >= 0.6 is 11.3 Å². The van der Waals surface area contributed by atoms with Crippen molar-refractivity contribution in [2.75, 3.05) is 26.9 Å². The van der Waals surface area contributed by atoms with Crippen molar-refractivity contribution in [3.63, 3.8) is 0 Å². The standard InChI is InChI=1S/C34H49NO4S/c1-7-17-39-30-15-14-26(19-31(30)37-6)29-21-35(5)33(36)28-20-27(40-32(28)29)18-24(8-2)11-10-16-34(4,9-3)23-38-22-25-12-13-25/h14-15,19-21,24-25H,7-13,16-18,22-23H2,1-6H3. The Labute approximate surface area is 244 Å². The highest BCUT2D eigenvalue weighted by Gasteiger charge is 2.26. The van der Waals surface area contributed by atoms with Crippen molar-refractivity contribution >= 4 is 21.4 Å². The van der Waals surface area contributed by atoms with Gasteiger partial charge in [0.05, 0.1) is 25.7 Å². The molecule has 1 aliphatic rings. The quantitative estimate of drug-likeness (QED) is 0.164. The summed E-state index contributed by atoms with van der Waals surface area (Å²) in [5, 5.41) is 0.812. The van der Waals surface area contributed by atoms with E-state index in [0.717, 1.165) is 71.8 Å². The predicted octanol–water partition coefficient (Wildman–Crippen LogP) is 8.65. The Morgan fingerprint density at radius 3 is 2.62 bits per heavy atom. The number of thiophene rings is 1. The molecular formula is C34H49NO4S. The molecule has 1 aliphatic carbocycles. The summed E-state index contributed by atoms with van der Waals surface area (Å²) in [7, 11) is 3.51. The van der Waals surface area contributed by atoms with E-state index in [4.69, 9.17) is 14.2 Å². The first kappa shape index (κ1) is 30.6. The van der Waals surface area contributed by atoms with Crippen LogP contribution in [-0.4, -0.2) is 31.5 Å². The minimum atomic E-state index is 0.0640. The van der Waals surface area contributed by atoms with E-state index < -0.39 is 0 Å². The molecule has 4 rings (SSSR count). The molecule has 1 fully saturated rings. The number of rotatable bonds is 17. The summed E-state index contributed by atoms with van der Waals surface area (Å²) in [6, 6.07) is 8.22. The number of benzene rings is 1. The molecule has 0 spiro atoms. The van der Waals surface area contributed by atoms with Crippen molar-refractivity contribution in [2.24, 2.45) is 24.3 Å². The third-order valence-electron chi connectivity index (χ3n) is 8.65. The largest absolute Gasteiger partial charge is 0.493 e. The monoisotopic (exact) mass is 567 g/mol. The van der Waals surface area contributed by atoms with Gasteiger partial charge in [-0.2, -0.15) is 0 Å². The smallest absolute Gasteiger partial charge is 0.259 e. The van der Waals surface area contributed by atoms with Gasteiger partial charge < -0.3 is 18.8 Å². The number of aromatic nitrogens is 1. The van der Waals surface area contributed by atoms with Gasteiger partial charge in [-0.05, 0) is 79.5 Å². The number of nitrogens with zero attached hydrogens (tertiary/aromatic N) is 1. The average molecular weight is 568 g/mol. The van der Waals surface area contributed by atoms with Crippen LogP contribution in [0.1, 0.15) is 83.9 Å². The molecule has 2 atom stereocenters. The zero-order chi connectivity index (χ0) is 28.7. The van der Waals surface area contributed by atoms with Crippen molar-refractivity contribution in [3.05, 3.63) is 45.7 Å². The summed E-state index contributed by atoms with van der Waals surface area (Å²) in [6.07, 6.45) is 12.6. The van der Waals surface area contributed by atoms with Crippen LogP contribution in [0.2, 0.25) is 0 Å². The third-order valence-corrected chi connectivity index (χ3v) is 9.84. The average Bonchev–Trinajstić information content (AvgIpc) is 3.69. The van der Waals surface area contributed by atoms with E-state index in [1.54, 1.807) is 23.0 Å². The number of aryl methyl sites for hydroxylation is 1. The number of pyridine rings is 1. The van der Waals surface area contributed by atoms with E-state index in [2.05, 4.69) is 39.8 Å². The second kappa shape index (κ2) is 14.0. The fourth-order valence-electron chi connectivity index (χ4n) is 5.43. The van der Waals surface area contributed by atoms with Crippen molar-refractivity contribution < 1.29 is 14.2 Å². The predicted molar refractivity (Wildman–Crippen MR) is 168 cm³/mol. The van der Waals surface area contributed by atoms with Gasteiger partial charge in [0.1, 0.15) is 0 Å². The van der Waals surface area contributed by atoms with E-state index in [0.29, 0.717) is 18.3 Å². The first-order valence-corrected chi connectivity index (χ1v) is 16.1. The fraction of sp³-hybridized carbons (Fsp3) is 0.618. The minimum absolute atomic E-state index is 0.0640. The minimum Gasteiger partial charge on any atom is -0.493 e. The molecule has 0 amide bonds. The van der Waals surface area contributed by atoms with E-state index in [9.17, 15) is 4.79 Å². The fourth-order valence-corrected chi connectivity index (χ4v) is 6.73. The lowest BCUT2D eigenvalue weighted by molar-refractivity contribution is 0.0379. The molecule has 40 heavy (non-hydrogen) atoms. The van der Waals surface area contributed by atoms with Crippen molar-refractivity contribution in [1.29, 1.82) is 0 Å². The van der Waals surface area contributed by atoms with E-state index in [-0.39, 0.29) is 11.0 Å². The van der Waals surface area contributed by atoms with Crippen LogP contribution in [-0.2, 0) is 18.2 Å². The van der Waals surface area contributed by atoms with Crippen LogP contribution in [0.15, 0.2) is 35.3 Å². The van der Waals surface area contributed by atoms with Crippen molar-refractivity contribution in [3.8, 4) is 22.6 Å². The first-order chi connectivity index (χ1) is 19.3. The van der Waals surface area contributed by atoms with Crippen LogP contribution in [0.5, 0.6) is 11.5 Å². The number of methoxy groups -OCH3 is 1. The molecule has 5 nitrogen and oxygen atoms in total. The summed E-state index contributed by atoms with van der Waals surface area (Å²) in [5.41, 5.74) is 2.43. The Hall–Kier alpha value is -2.31. The highest BCUT2D eigenvalue weighted by molar-refractivity contribution is 7.19. The third kappa shape index (κ3) is 7.70. The molecule has 0 aliphatic heterocycles. The van der Waals surface area contributed by atoms with E-state index in [1.165, 1.54) is 37.0 Å². The van der Waals surface area contributed by atoms with Crippen LogP contribution in [0.4, 0.5) is 0 Å². The maximum Gasteiger partial charge on any atom is 0.259 e. The van der Waals surface area contributed by atoms with Gasteiger partial charge in [0.15, 0.2) is 11.5 Å². The molecule has 6 heteroatoms. The molecular weight excluding hydrogens is 518 g/mol. The zero-order valence-electron chi connectivity index (χ0n) is 25.5. The van der Waals surface area contributed by atoms with Gasteiger partial charge in [-0.1, -0.05) is 53.0 Å². The van der Waals surface area contributed by atoms with Gasteiger partial charge >= 0.3 is 0 Å². The van der Waals surface area contributed by atoms with Crippen molar-refractivity contribution in [1.82, 2.24) is 4.57 Å². The summed E-state index contributed by atoms with van der Waals surface area (Å²) >= 11 is 1.77.